The summed E-state index contributed by atoms with van der Waals surface area (Å²) in [5.74, 6) is 0.780. The number of rotatable bonds is 4. The summed E-state index contributed by atoms with van der Waals surface area (Å²) >= 11 is 0. The Morgan fingerprint density at radius 1 is 1.00 bits per heavy atom. The van der Waals surface area contributed by atoms with Gasteiger partial charge in [-0.2, -0.15) is 0 Å². The van der Waals surface area contributed by atoms with Crippen LogP contribution in [0, 0.1) is 0 Å². The molecular weight excluding hydrogens is 390 g/mol. The lowest BCUT2D eigenvalue weighted by atomic mass is 9.83. The lowest BCUT2D eigenvalue weighted by molar-refractivity contribution is -0.136. The average Bonchev–Trinajstić information content (AvgIpc) is 2.78. The van der Waals surface area contributed by atoms with E-state index in [4.69, 9.17) is 13.9 Å². The third-order valence-corrected chi connectivity index (χ3v) is 6.49. The van der Waals surface area contributed by atoms with Gasteiger partial charge in [0.05, 0.1) is 18.2 Å². The maximum absolute atomic E-state index is 12.1. The van der Waals surface area contributed by atoms with Gasteiger partial charge in [0.15, 0.2) is 0 Å². The zero-order valence-electron chi connectivity index (χ0n) is 18.2. The molecule has 31 heavy (non-hydrogen) atoms. The number of ether oxygens (including phenoxy) is 2. The second kappa shape index (κ2) is 8.13. The second-order valence-corrected chi connectivity index (χ2v) is 9.11. The van der Waals surface area contributed by atoms with Gasteiger partial charge in [0.25, 0.3) is 0 Å². The van der Waals surface area contributed by atoms with E-state index < -0.39 is 5.60 Å². The summed E-state index contributed by atoms with van der Waals surface area (Å²) in [6, 6.07) is 17.5. The van der Waals surface area contributed by atoms with Gasteiger partial charge in [-0.1, -0.05) is 36.8 Å². The molecule has 1 fully saturated rings. The number of piperidine rings is 1. The predicted octanol–water partition coefficient (Wildman–Crippen LogP) is 5.08. The fourth-order valence-electron chi connectivity index (χ4n) is 5.00. The maximum atomic E-state index is 12.1. The molecule has 5 rings (SSSR count). The van der Waals surface area contributed by atoms with Crippen molar-refractivity contribution in [3.63, 3.8) is 0 Å². The molecule has 2 unspecified atom stereocenters. The molecule has 1 aromatic heterocycles. The summed E-state index contributed by atoms with van der Waals surface area (Å²) in [4.78, 5) is 14.6. The SMILES string of the molecule is CC1(C)Oc2ccc3ccc(=O)oc3c2C(N2CCCCC2)C1OCc1ccccc1. The third kappa shape index (κ3) is 3.88. The monoisotopic (exact) mass is 419 g/mol. The minimum atomic E-state index is -0.535. The molecule has 2 aromatic carbocycles. The van der Waals surface area contributed by atoms with Crippen LogP contribution < -0.4 is 10.4 Å². The smallest absolute Gasteiger partial charge is 0.336 e. The van der Waals surface area contributed by atoms with E-state index in [9.17, 15) is 4.79 Å². The third-order valence-electron chi connectivity index (χ3n) is 6.49. The van der Waals surface area contributed by atoms with E-state index in [1.807, 2.05) is 36.4 Å². The number of nitrogens with zero attached hydrogens (tertiary/aromatic N) is 1. The molecule has 2 aliphatic heterocycles. The first-order chi connectivity index (χ1) is 15.0. The highest BCUT2D eigenvalue weighted by molar-refractivity contribution is 5.83. The number of fused-ring (bicyclic) bond motifs is 3. The van der Waals surface area contributed by atoms with Crippen LogP contribution in [0.4, 0.5) is 0 Å². The zero-order chi connectivity index (χ0) is 21.4. The maximum Gasteiger partial charge on any atom is 0.336 e. The van der Waals surface area contributed by atoms with E-state index in [1.165, 1.54) is 12.5 Å². The number of hydrogen-bond acceptors (Lipinski definition) is 5. The first-order valence-corrected chi connectivity index (χ1v) is 11.2. The van der Waals surface area contributed by atoms with Crippen molar-refractivity contribution in [3.05, 3.63) is 76.1 Å². The minimum Gasteiger partial charge on any atom is -0.485 e. The molecule has 0 N–H and O–H groups in total. The Morgan fingerprint density at radius 3 is 2.52 bits per heavy atom. The van der Waals surface area contributed by atoms with E-state index in [0.717, 1.165) is 48.2 Å². The van der Waals surface area contributed by atoms with Gasteiger partial charge in [0, 0.05) is 11.5 Å². The summed E-state index contributed by atoms with van der Waals surface area (Å²) < 4.78 is 18.8. The molecule has 5 nitrogen and oxygen atoms in total. The normalized spacial score (nSPS) is 23.3. The fourth-order valence-corrected chi connectivity index (χ4v) is 5.00. The van der Waals surface area contributed by atoms with Crippen molar-refractivity contribution < 1.29 is 13.9 Å². The molecule has 162 valence electrons. The van der Waals surface area contributed by atoms with Crippen LogP contribution in [0.3, 0.4) is 0 Å². The standard InChI is InChI=1S/C26H29NO4/c1-26(2)25(29-17-18-9-5-3-6-10-18)23(27-15-7-4-8-16-27)22-20(31-26)13-11-19-12-14-21(28)30-24(19)22/h3,5-6,9-14,23,25H,4,7-8,15-17H2,1-2H3. The quantitative estimate of drug-likeness (QED) is 0.552. The van der Waals surface area contributed by atoms with Crippen molar-refractivity contribution in [1.29, 1.82) is 0 Å². The first-order valence-electron chi connectivity index (χ1n) is 11.2. The second-order valence-electron chi connectivity index (χ2n) is 9.11. The van der Waals surface area contributed by atoms with Crippen LogP contribution in [0.15, 0.2) is 63.8 Å². The summed E-state index contributed by atoms with van der Waals surface area (Å²) in [5.41, 5.74) is 1.81. The van der Waals surface area contributed by atoms with Crippen molar-refractivity contribution in [2.75, 3.05) is 13.1 Å². The Morgan fingerprint density at radius 2 is 1.74 bits per heavy atom. The minimum absolute atomic E-state index is 0.0444. The molecule has 0 saturated carbocycles. The molecule has 0 bridgehead atoms. The van der Waals surface area contributed by atoms with Crippen molar-refractivity contribution in [2.45, 2.75) is 57.5 Å². The molecule has 0 aliphatic carbocycles. The van der Waals surface area contributed by atoms with Crippen molar-refractivity contribution in [2.24, 2.45) is 0 Å². The Hall–Kier alpha value is -2.63. The van der Waals surface area contributed by atoms with E-state index in [-0.39, 0.29) is 17.8 Å². The number of likely N-dealkylation sites (tertiary alicyclic amines) is 1. The summed E-state index contributed by atoms with van der Waals surface area (Å²) in [5, 5.41) is 0.908. The molecule has 5 heteroatoms. The van der Waals surface area contributed by atoms with Crippen molar-refractivity contribution in [1.82, 2.24) is 4.90 Å². The van der Waals surface area contributed by atoms with Crippen LogP contribution in [-0.2, 0) is 11.3 Å². The summed E-state index contributed by atoms with van der Waals surface area (Å²) in [6.07, 6.45) is 3.35. The Kier molecular flexibility index (Phi) is 5.32. The molecule has 1 saturated heterocycles. The number of benzene rings is 2. The molecular formula is C26H29NO4. The predicted molar refractivity (Wildman–Crippen MR) is 120 cm³/mol. The fraction of sp³-hybridized carbons (Fsp3) is 0.423. The van der Waals surface area contributed by atoms with Crippen LogP contribution >= 0.6 is 0 Å². The average molecular weight is 420 g/mol. The number of hydrogen-bond donors (Lipinski definition) is 0. The highest BCUT2D eigenvalue weighted by atomic mass is 16.6. The van der Waals surface area contributed by atoms with Gasteiger partial charge in [-0.3, -0.25) is 4.90 Å². The molecule has 3 heterocycles. The van der Waals surface area contributed by atoms with E-state index in [0.29, 0.717) is 12.2 Å². The highest BCUT2D eigenvalue weighted by Gasteiger charge is 2.48. The van der Waals surface area contributed by atoms with Gasteiger partial charge in [-0.05, 0) is 63.5 Å². The lowest BCUT2D eigenvalue weighted by Gasteiger charge is -2.49. The molecule has 2 aliphatic rings. The topological polar surface area (TPSA) is 51.9 Å². The van der Waals surface area contributed by atoms with Crippen molar-refractivity contribution >= 4 is 11.0 Å². The van der Waals surface area contributed by atoms with E-state index in [2.05, 4.69) is 30.9 Å². The summed E-state index contributed by atoms with van der Waals surface area (Å²) in [7, 11) is 0. The Bertz CT molecular complexity index is 1120. The lowest BCUT2D eigenvalue weighted by Crippen LogP contribution is -2.55. The van der Waals surface area contributed by atoms with Gasteiger partial charge in [-0.25, -0.2) is 4.79 Å². The Labute approximate surface area is 182 Å². The zero-order valence-corrected chi connectivity index (χ0v) is 18.2. The van der Waals surface area contributed by atoms with Gasteiger partial charge in [0.2, 0.25) is 0 Å². The van der Waals surface area contributed by atoms with Gasteiger partial charge in [-0.15, -0.1) is 0 Å². The molecule has 2 atom stereocenters. The van der Waals surface area contributed by atoms with Crippen LogP contribution in [0.2, 0.25) is 0 Å². The van der Waals surface area contributed by atoms with E-state index in [1.54, 1.807) is 0 Å². The largest absolute Gasteiger partial charge is 0.485 e. The summed E-state index contributed by atoms with van der Waals surface area (Å²) in [6.45, 7) is 6.69. The molecule has 0 spiro atoms. The van der Waals surface area contributed by atoms with Crippen molar-refractivity contribution in [3.8, 4) is 5.75 Å². The Balaban J connectivity index is 1.63. The van der Waals surface area contributed by atoms with Crippen LogP contribution in [-0.4, -0.2) is 29.7 Å². The first kappa shape index (κ1) is 20.3. The molecule has 3 aromatic rings. The van der Waals surface area contributed by atoms with Gasteiger partial charge >= 0.3 is 5.63 Å². The van der Waals surface area contributed by atoms with Gasteiger partial charge < -0.3 is 13.9 Å². The van der Waals surface area contributed by atoms with Crippen LogP contribution in [0.5, 0.6) is 5.75 Å². The molecule has 0 amide bonds. The van der Waals surface area contributed by atoms with E-state index >= 15 is 0 Å². The van der Waals surface area contributed by atoms with Gasteiger partial charge in [0.1, 0.15) is 23.0 Å². The molecule has 0 radical (unpaired) electrons. The highest BCUT2D eigenvalue weighted by Crippen LogP contribution is 2.48. The van der Waals surface area contributed by atoms with Crippen LogP contribution in [0.1, 0.15) is 50.3 Å². The van der Waals surface area contributed by atoms with Crippen LogP contribution in [0.25, 0.3) is 11.0 Å².